The van der Waals surface area contributed by atoms with E-state index in [4.69, 9.17) is 0 Å². The molecule has 0 spiro atoms. The van der Waals surface area contributed by atoms with Crippen LogP contribution in [0.2, 0.25) is 0 Å². The van der Waals surface area contributed by atoms with Gasteiger partial charge in [-0.3, -0.25) is 15.1 Å². The van der Waals surface area contributed by atoms with Crippen LogP contribution in [-0.2, 0) is 11.2 Å². The number of ether oxygens (including phenoxy) is 1. The maximum absolute atomic E-state index is 11.5. The van der Waals surface area contributed by atoms with Crippen LogP contribution in [0.15, 0.2) is 42.6 Å². The van der Waals surface area contributed by atoms with Crippen molar-refractivity contribution in [1.29, 1.82) is 0 Å². The second-order valence-corrected chi connectivity index (χ2v) is 6.14. The summed E-state index contributed by atoms with van der Waals surface area (Å²) in [6, 6.07) is 10.2. The van der Waals surface area contributed by atoms with Gasteiger partial charge in [0.25, 0.3) is 5.69 Å². The Morgan fingerprint density at radius 3 is 2.78 bits per heavy atom. The van der Waals surface area contributed by atoms with E-state index in [0.717, 1.165) is 31.6 Å². The number of nitro groups is 1. The van der Waals surface area contributed by atoms with Gasteiger partial charge in [-0.25, -0.2) is 4.79 Å². The summed E-state index contributed by atoms with van der Waals surface area (Å²) < 4.78 is 4.60. The minimum Gasteiger partial charge on any atom is -0.465 e. The molecule has 27 heavy (non-hydrogen) atoms. The van der Waals surface area contributed by atoms with Gasteiger partial charge in [-0.2, -0.15) is 0 Å². The Kier molecular flexibility index (Phi) is 7.69. The average Bonchev–Trinajstić information content (AvgIpc) is 2.69. The third kappa shape index (κ3) is 6.34. The van der Waals surface area contributed by atoms with Crippen LogP contribution in [0.3, 0.4) is 0 Å². The topological polar surface area (TPSA) is 97.6 Å². The van der Waals surface area contributed by atoms with Crippen molar-refractivity contribution in [2.45, 2.75) is 12.8 Å². The van der Waals surface area contributed by atoms with Gasteiger partial charge in [0.1, 0.15) is 5.69 Å². The number of nitro benzene ring substituents is 1. The summed E-state index contributed by atoms with van der Waals surface area (Å²) in [4.78, 5) is 28.8. The Morgan fingerprint density at radius 1 is 1.30 bits per heavy atom. The molecule has 1 aromatic carbocycles. The number of nitrogens with one attached hydrogen (secondary N) is 1. The maximum Gasteiger partial charge on any atom is 0.338 e. The molecule has 1 aromatic heterocycles. The molecule has 1 N–H and O–H groups in total. The fourth-order valence-electron chi connectivity index (χ4n) is 2.61. The van der Waals surface area contributed by atoms with E-state index in [1.807, 2.05) is 25.2 Å². The first kappa shape index (κ1) is 20.3. The lowest BCUT2D eigenvalue weighted by atomic mass is 10.1. The molecule has 0 aliphatic carbocycles. The molecule has 0 aliphatic rings. The van der Waals surface area contributed by atoms with Crippen molar-refractivity contribution in [3.8, 4) is 0 Å². The highest BCUT2D eigenvalue weighted by atomic mass is 16.6. The summed E-state index contributed by atoms with van der Waals surface area (Å²) in [6.07, 6.45) is 3.50. The Labute approximate surface area is 158 Å². The molecule has 1 heterocycles. The zero-order chi connectivity index (χ0) is 19.6. The summed E-state index contributed by atoms with van der Waals surface area (Å²) in [5.74, 6) is -0.598. The molecule has 0 fully saturated rings. The molecule has 2 rings (SSSR count). The summed E-state index contributed by atoms with van der Waals surface area (Å²) in [5.41, 5.74) is 1.47. The van der Waals surface area contributed by atoms with Crippen LogP contribution < -0.4 is 5.32 Å². The van der Waals surface area contributed by atoms with Gasteiger partial charge in [-0.15, -0.1) is 0 Å². The van der Waals surface area contributed by atoms with Gasteiger partial charge in [-0.05, 0) is 44.3 Å². The van der Waals surface area contributed by atoms with Crippen molar-refractivity contribution in [2.75, 3.05) is 39.1 Å². The fraction of sp³-hybridized carbons (Fsp3) is 0.368. The monoisotopic (exact) mass is 372 g/mol. The molecule has 0 saturated heterocycles. The van der Waals surface area contributed by atoms with E-state index in [9.17, 15) is 14.9 Å². The molecule has 0 bridgehead atoms. The van der Waals surface area contributed by atoms with Gasteiger partial charge in [0.15, 0.2) is 0 Å². The number of nitrogens with zero attached hydrogens (tertiary/aromatic N) is 3. The zero-order valence-corrected chi connectivity index (χ0v) is 15.6. The molecule has 0 unspecified atom stereocenters. The minimum atomic E-state index is -0.598. The van der Waals surface area contributed by atoms with Crippen molar-refractivity contribution in [1.82, 2.24) is 9.88 Å². The van der Waals surface area contributed by atoms with E-state index in [2.05, 4.69) is 19.9 Å². The highest BCUT2D eigenvalue weighted by Crippen LogP contribution is 2.25. The number of aromatic nitrogens is 1. The Bertz CT molecular complexity index is 768. The van der Waals surface area contributed by atoms with Gasteiger partial charge in [0, 0.05) is 37.5 Å². The molecular formula is C19H24N4O4. The molecule has 0 aliphatic heterocycles. The largest absolute Gasteiger partial charge is 0.465 e. The van der Waals surface area contributed by atoms with Crippen LogP contribution in [0.25, 0.3) is 0 Å². The standard InChI is InChI=1S/C19H24N4O4/c1-22(13-9-16-6-3-4-10-20-16)12-5-11-21-17-8-7-15(19(24)27-2)14-18(17)23(25)26/h3-4,6-8,10,14,21H,5,9,11-13H2,1-2H3. The molecule has 0 atom stereocenters. The highest BCUT2D eigenvalue weighted by molar-refractivity contribution is 5.91. The molecule has 0 radical (unpaired) electrons. The number of methoxy groups -OCH3 is 1. The van der Waals surface area contributed by atoms with Crippen LogP contribution in [0.1, 0.15) is 22.5 Å². The molecular weight excluding hydrogens is 348 g/mol. The molecule has 8 heteroatoms. The van der Waals surface area contributed by atoms with Gasteiger partial charge in [0.05, 0.1) is 17.6 Å². The normalized spacial score (nSPS) is 10.6. The Balaban J connectivity index is 1.80. The van der Waals surface area contributed by atoms with E-state index in [-0.39, 0.29) is 11.3 Å². The quantitative estimate of drug-likeness (QED) is 0.296. The summed E-state index contributed by atoms with van der Waals surface area (Å²) in [7, 11) is 3.28. The summed E-state index contributed by atoms with van der Waals surface area (Å²) >= 11 is 0. The number of esters is 1. The number of hydrogen-bond donors (Lipinski definition) is 1. The van der Waals surface area contributed by atoms with Gasteiger partial charge in [0.2, 0.25) is 0 Å². The smallest absolute Gasteiger partial charge is 0.338 e. The first-order valence-corrected chi connectivity index (χ1v) is 8.70. The van der Waals surface area contributed by atoms with Crippen molar-refractivity contribution in [2.24, 2.45) is 0 Å². The molecule has 8 nitrogen and oxygen atoms in total. The maximum atomic E-state index is 11.5. The van der Waals surface area contributed by atoms with E-state index in [0.29, 0.717) is 12.2 Å². The number of rotatable bonds is 10. The Morgan fingerprint density at radius 2 is 2.11 bits per heavy atom. The third-order valence-electron chi connectivity index (χ3n) is 4.12. The lowest BCUT2D eigenvalue weighted by molar-refractivity contribution is -0.384. The molecule has 0 saturated carbocycles. The number of likely N-dealkylation sites (N-methyl/N-ethyl adjacent to an activating group) is 1. The van der Waals surface area contributed by atoms with E-state index in [1.165, 1.54) is 25.3 Å². The first-order valence-electron chi connectivity index (χ1n) is 8.70. The lowest BCUT2D eigenvalue weighted by Crippen LogP contribution is -2.24. The van der Waals surface area contributed by atoms with Crippen LogP contribution in [0, 0.1) is 10.1 Å². The van der Waals surface area contributed by atoms with Crippen molar-refractivity contribution < 1.29 is 14.5 Å². The number of carbonyl (C=O) groups is 1. The Hall–Kier alpha value is -3.00. The molecule has 2 aromatic rings. The van der Waals surface area contributed by atoms with Crippen molar-refractivity contribution in [3.63, 3.8) is 0 Å². The summed E-state index contributed by atoms with van der Waals surface area (Å²) in [5, 5.41) is 14.3. The van der Waals surface area contributed by atoms with Gasteiger partial charge < -0.3 is 15.0 Å². The second-order valence-electron chi connectivity index (χ2n) is 6.14. The molecule has 144 valence electrons. The van der Waals surface area contributed by atoms with Crippen LogP contribution in [0.5, 0.6) is 0 Å². The number of carbonyl (C=O) groups excluding carboxylic acids is 1. The van der Waals surface area contributed by atoms with Crippen molar-refractivity contribution >= 4 is 17.3 Å². The van der Waals surface area contributed by atoms with Crippen LogP contribution >= 0.6 is 0 Å². The number of hydrogen-bond acceptors (Lipinski definition) is 7. The number of benzene rings is 1. The second kappa shape index (κ2) is 10.2. The lowest BCUT2D eigenvalue weighted by Gasteiger charge is -2.16. The third-order valence-corrected chi connectivity index (χ3v) is 4.12. The predicted molar refractivity (Wildman–Crippen MR) is 103 cm³/mol. The van der Waals surface area contributed by atoms with Gasteiger partial charge in [-0.1, -0.05) is 6.07 Å². The predicted octanol–water partition coefficient (Wildman–Crippen LogP) is 2.75. The van der Waals surface area contributed by atoms with E-state index in [1.54, 1.807) is 6.20 Å². The molecule has 0 amide bonds. The average molecular weight is 372 g/mol. The van der Waals surface area contributed by atoms with Crippen molar-refractivity contribution in [3.05, 3.63) is 64.0 Å². The van der Waals surface area contributed by atoms with Crippen LogP contribution in [0.4, 0.5) is 11.4 Å². The SMILES string of the molecule is COC(=O)c1ccc(NCCCN(C)CCc2ccccn2)c([N+](=O)[O-])c1. The van der Waals surface area contributed by atoms with Crippen LogP contribution in [-0.4, -0.2) is 54.6 Å². The number of anilines is 1. The highest BCUT2D eigenvalue weighted by Gasteiger charge is 2.17. The summed E-state index contributed by atoms with van der Waals surface area (Å²) in [6.45, 7) is 2.34. The number of pyridine rings is 1. The van der Waals surface area contributed by atoms with Gasteiger partial charge >= 0.3 is 5.97 Å². The zero-order valence-electron chi connectivity index (χ0n) is 15.6. The fourth-order valence-corrected chi connectivity index (χ4v) is 2.61. The first-order chi connectivity index (χ1) is 13.0. The minimum absolute atomic E-state index is 0.138. The van der Waals surface area contributed by atoms with E-state index >= 15 is 0 Å². The van der Waals surface area contributed by atoms with E-state index < -0.39 is 10.9 Å².